The normalized spacial score (nSPS) is 19.6. The summed E-state index contributed by atoms with van der Waals surface area (Å²) in [5.41, 5.74) is 0.385. The number of aryl methyl sites for hydroxylation is 1. The topological polar surface area (TPSA) is 42.2 Å². The number of aromatic nitrogens is 2. The number of hydrogen-bond acceptors (Lipinski definition) is 4. The molecule has 0 bridgehead atoms. The molecule has 0 radical (unpaired) electrons. The fraction of sp³-hybridized carbons (Fsp3) is 0.714. The average Bonchev–Trinajstić information content (AvgIpc) is 2.87. The molecule has 0 saturated heterocycles. The summed E-state index contributed by atoms with van der Waals surface area (Å²) in [6.45, 7) is 8.73. The zero-order valence-corrected chi connectivity index (χ0v) is 13.1. The van der Waals surface area contributed by atoms with Gasteiger partial charge >= 0.3 is 0 Å². The lowest BCUT2D eigenvalue weighted by Gasteiger charge is -2.21. The van der Waals surface area contributed by atoms with Crippen LogP contribution in [0.5, 0.6) is 0 Å². The minimum Gasteiger partial charge on any atom is -0.364 e. The molecule has 1 aromatic heterocycles. The third-order valence-electron chi connectivity index (χ3n) is 3.10. The number of imidazole rings is 1. The third kappa shape index (κ3) is 4.56. The molecule has 0 amide bonds. The van der Waals surface area contributed by atoms with Gasteiger partial charge in [0.2, 0.25) is 0 Å². The van der Waals surface area contributed by atoms with Crippen LogP contribution in [0.4, 0.5) is 0 Å². The van der Waals surface area contributed by atoms with Gasteiger partial charge in [0.25, 0.3) is 0 Å². The quantitative estimate of drug-likeness (QED) is 0.921. The fourth-order valence-corrected chi connectivity index (χ4v) is 3.61. The number of amidine groups is 1. The van der Waals surface area contributed by atoms with Gasteiger partial charge in [0.15, 0.2) is 5.17 Å². The molecule has 0 saturated carbocycles. The van der Waals surface area contributed by atoms with Crippen molar-refractivity contribution >= 4 is 16.9 Å². The van der Waals surface area contributed by atoms with E-state index in [4.69, 9.17) is 0 Å². The maximum absolute atomic E-state index is 4.58. The van der Waals surface area contributed by atoms with Crippen molar-refractivity contribution in [1.29, 1.82) is 0 Å². The van der Waals surface area contributed by atoms with Gasteiger partial charge in [0, 0.05) is 37.7 Å². The minimum atomic E-state index is 0.385. The number of hydrogen-bond donors (Lipinski definition) is 1. The molecule has 1 unspecified atom stereocenters. The van der Waals surface area contributed by atoms with Crippen molar-refractivity contribution in [3.8, 4) is 0 Å². The van der Waals surface area contributed by atoms with E-state index in [0.717, 1.165) is 30.5 Å². The highest BCUT2D eigenvalue weighted by atomic mass is 32.2. The summed E-state index contributed by atoms with van der Waals surface area (Å²) >= 11 is 1.89. The first kappa shape index (κ1) is 14.4. The Bertz CT molecular complexity index is 445. The first-order valence-electron chi connectivity index (χ1n) is 6.85. The van der Waals surface area contributed by atoms with Gasteiger partial charge in [-0.1, -0.05) is 32.5 Å². The van der Waals surface area contributed by atoms with Crippen LogP contribution in [0.3, 0.4) is 0 Å². The number of aliphatic imine (C=N–C) groups is 1. The molecule has 0 aromatic carbocycles. The Balaban J connectivity index is 1.70. The summed E-state index contributed by atoms with van der Waals surface area (Å²) in [5, 5.41) is 5.16. The number of thioether (sulfide) groups is 1. The second-order valence-electron chi connectivity index (χ2n) is 6.28. The summed E-state index contributed by atoms with van der Waals surface area (Å²) in [5.74, 6) is 1.11. The fourth-order valence-electron chi connectivity index (χ4n) is 2.22. The third-order valence-corrected chi connectivity index (χ3v) is 4.25. The van der Waals surface area contributed by atoms with E-state index in [-0.39, 0.29) is 0 Å². The molecule has 5 heteroatoms. The van der Waals surface area contributed by atoms with Gasteiger partial charge in [0.05, 0.1) is 6.54 Å². The Morgan fingerprint density at radius 2 is 2.26 bits per heavy atom. The number of nitrogens with one attached hydrogen (secondary N) is 1. The van der Waals surface area contributed by atoms with Crippen molar-refractivity contribution in [3.63, 3.8) is 0 Å². The van der Waals surface area contributed by atoms with Crippen LogP contribution in [0.15, 0.2) is 17.4 Å². The number of rotatable bonds is 4. The first-order chi connectivity index (χ1) is 8.94. The van der Waals surface area contributed by atoms with Gasteiger partial charge in [-0.05, 0) is 11.8 Å². The van der Waals surface area contributed by atoms with E-state index in [1.807, 2.05) is 31.2 Å². The Labute approximate surface area is 120 Å². The van der Waals surface area contributed by atoms with Crippen LogP contribution in [0, 0.1) is 5.41 Å². The SMILES string of the molecule is Cn1ccnc1CCNC1=NCC(CC(C)(C)C)S1. The van der Waals surface area contributed by atoms with Crippen molar-refractivity contribution in [1.82, 2.24) is 14.9 Å². The largest absolute Gasteiger partial charge is 0.364 e. The van der Waals surface area contributed by atoms with Crippen LogP contribution < -0.4 is 5.32 Å². The molecule has 0 spiro atoms. The predicted octanol–water partition coefficient (Wildman–Crippen LogP) is 2.46. The van der Waals surface area contributed by atoms with Crippen LogP contribution in [0.1, 0.15) is 33.0 Å². The maximum atomic E-state index is 4.58. The van der Waals surface area contributed by atoms with Crippen molar-refractivity contribution in [2.75, 3.05) is 13.1 Å². The second kappa shape index (κ2) is 5.99. The molecule has 1 aliphatic heterocycles. The lowest BCUT2D eigenvalue weighted by atomic mass is 9.90. The number of nitrogens with zero attached hydrogens (tertiary/aromatic N) is 3. The van der Waals surface area contributed by atoms with Gasteiger partial charge in [0.1, 0.15) is 5.82 Å². The Hall–Kier alpha value is -0.970. The van der Waals surface area contributed by atoms with Crippen LogP contribution in [0.25, 0.3) is 0 Å². The highest BCUT2D eigenvalue weighted by Crippen LogP contribution is 2.31. The van der Waals surface area contributed by atoms with Crippen LogP contribution in [-0.4, -0.2) is 33.1 Å². The van der Waals surface area contributed by atoms with Crippen LogP contribution in [-0.2, 0) is 13.5 Å². The average molecular weight is 280 g/mol. The zero-order valence-electron chi connectivity index (χ0n) is 12.3. The van der Waals surface area contributed by atoms with Crippen LogP contribution >= 0.6 is 11.8 Å². The van der Waals surface area contributed by atoms with Gasteiger partial charge in [-0.3, -0.25) is 4.99 Å². The summed E-state index contributed by atoms with van der Waals surface area (Å²) in [6, 6.07) is 0. The highest BCUT2D eigenvalue weighted by Gasteiger charge is 2.24. The molecule has 2 heterocycles. The van der Waals surface area contributed by atoms with Gasteiger partial charge < -0.3 is 9.88 Å². The molecule has 0 fully saturated rings. The lowest BCUT2D eigenvalue weighted by molar-refractivity contribution is 0.375. The molecule has 1 atom stereocenters. The van der Waals surface area contributed by atoms with E-state index in [2.05, 4.69) is 40.6 Å². The van der Waals surface area contributed by atoms with E-state index in [1.54, 1.807) is 0 Å². The molecule has 4 nitrogen and oxygen atoms in total. The van der Waals surface area contributed by atoms with E-state index in [9.17, 15) is 0 Å². The molecule has 19 heavy (non-hydrogen) atoms. The van der Waals surface area contributed by atoms with Crippen LogP contribution in [0.2, 0.25) is 0 Å². The Kier molecular flexibility index (Phi) is 4.55. The molecule has 2 rings (SSSR count). The second-order valence-corrected chi connectivity index (χ2v) is 7.57. The molecular weight excluding hydrogens is 256 g/mol. The van der Waals surface area contributed by atoms with E-state index >= 15 is 0 Å². The van der Waals surface area contributed by atoms with E-state index in [0.29, 0.717) is 10.7 Å². The summed E-state index contributed by atoms with van der Waals surface area (Å²) < 4.78 is 2.06. The molecule has 1 N–H and O–H groups in total. The van der Waals surface area contributed by atoms with Crippen molar-refractivity contribution in [3.05, 3.63) is 18.2 Å². The van der Waals surface area contributed by atoms with Gasteiger partial charge in [-0.25, -0.2) is 4.98 Å². The first-order valence-corrected chi connectivity index (χ1v) is 7.73. The van der Waals surface area contributed by atoms with Crippen molar-refractivity contribution < 1.29 is 0 Å². The molecular formula is C14H24N4S. The molecule has 106 valence electrons. The molecule has 0 aliphatic carbocycles. The van der Waals surface area contributed by atoms with E-state index < -0.39 is 0 Å². The summed E-state index contributed by atoms with van der Waals surface area (Å²) in [7, 11) is 2.03. The standard InChI is InChI=1S/C14H24N4S/c1-14(2,3)9-11-10-17-13(19-11)16-6-5-12-15-7-8-18(12)4/h7-8,11H,5-6,9-10H2,1-4H3,(H,16,17). The Morgan fingerprint density at radius 1 is 1.47 bits per heavy atom. The monoisotopic (exact) mass is 280 g/mol. The summed E-state index contributed by atoms with van der Waals surface area (Å²) in [4.78, 5) is 8.90. The van der Waals surface area contributed by atoms with Crippen molar-refractivity contribution in [2.24, 2.45) is 17.5 Å². The van der Waals surface area contributed by atoms with Gasteiger partial charge in [-0.2, -0.15) is 0 Å². The predicted molar refractivity (Wildman–Crippen MR) is 82.7 cm³/mol. The minimum absolute atomic E-state index is 0.385. The molecule has 1 aliphatic rings. The Morgan fingerprint density at radius 3 is 2.89 bits per heavy atom. The highest BCUT2D eigenvalue weighted by molar-refractivity contribution is 8.14. The molecule has 1 aromatic rings. The zero-order chi connectivity index (χ0) is 13.9. The lowest BCUT2D eigenvalue weighted by Crippen LogP contribution is -2.23. The van der Waals surface area contributed by atoms with Crippen molar-refractivity contribution in [2.45, 2.75) is 38.9 Å². The smallest absolute Gasteiger partial charge is 0.156 e. The maximum Gasteiger partial charge on any atom is 0.156 e. The van der Waals surface area contributed by atoms with E-state index in [1.165, 1.54) is 6.42 Å². The van der Waals surface area contributed by atoms with Gasteiger partial charge in [-0.15, -0.1) is 0 Å². The summed E-state index contributed by atoms with van der Waals surface area (Å²) in [6.07, 6.45) is 5.98.